The quantitative estimate of drug-likeness (QED) is 0.0546. The van der Waals surface area contributed by atoms with E-state index in [1.54, 1.807) is 0 Å². The van der Waals surface area contributed by atoms with Crippen molar-refractivity contribution < 1.29 is 24.2 Å². The van der Waals surface area contributed by atoms with Gasteiger partial charge in [0, 0.05) is 12.8 Å². The highest BCUT2D eigenvalue weighted by Crippen LogP contribution is 2.17. The summed E-state index contributed by atoms with van der Waals surface area (Å²) >= 11 is 0. The molecular weight excluding hydrogens is 560 g/mol. The van der Waals surface area contributed by atoms with Crippen LogP contribution in [0.25, 0.3) is 0 Å². The van der Waals surface area contributed by atoms with Crippen LogP contribution >= 0.6 is 0 Å². The number of hydrogen-bond donors (Lipinski definition) is 1. The van der Waals surface area contributed by atoms with E-state index >= 15 is 0 Å². The number of carbonyl (C=O) groups excluding carboxylic acids is 2. The van der Waals surface area contributed by atoms with Crippen molar-refractivity contribution in [3.63, 3.8) is 0 Å². The van der Waals surface area contributed by atoms with Gasteiger partial charge in [-0.15, -0.1) is 0 Å². The van der Waals surface area contributed by atoms with E-state index in [0.29, 0.717) is 12.8 Å². The number of rotatable bonds is 36. The van der Waals surface area contributed by atoms with Gasteiger partial charge in [-0.1, -0.05) is 194 Å². The first kappa shape index (κ1) is 43.9. The van der Waals surface area contributed by atoms with Crippen LogP contribution in [0, 0.1) is 5.92 Å². The molecule has 0 saturated carbocycles. The molecule has 45 heavy (non-hydrogen) atoms. The number of unbranched alkanes of at least 4 members (excludes halogenated alkanes) is 25. The summed E-state index contributed by atoms with van der Waals surface area (Å²) in [7, 11) is 0. The predicted octanol–water partition coefficient (Wildman–Crippen LogP) is 12.2. The Bertz CT molecular complexity index is 622. The SMILES string of the molecule is CCCCCCCCCCCCCCCC(=O)OC[C@H](O)COC(=O)CCCCCCCCCCCCCCCCC(C)CC. The van der Waals surface area contributed by atoms with Crippen molar-refractivity contribution in [3.05, 3.63) is 0 Å². The fourth-order valence-electron chi connectivity index (χ4n) is 5.95. The average Bonchev–Trinajstić information content (AvgIpc) is 3.04. The predicted molar refractivity (Wildman–Crippen MR) is 192 cm³/mol. The van der Waals surface area contributed by atoms with Crippen molar-refractivity contribution in [2.45, 2.75) is 226 Å². The normalized spacial score (nSPS) is 12.7. The molecule has 0 rings (SSSR count). The first-order valence-corrected chi connectivity index (χ1v) is 20.0. The molecule has 0 fully saturated rings. The molecule has 1 unspecified atom stereocenters. The maximum absolute atomic E-state index is 12.0. The van der Waals surface area contributed by atoms with Crippen LogP contribution in [0.5, 0.6) is 0 Å². The molecule has 0 saturated heterocycles. The Morgan fingerprint density at radius 2 is 0.756 bits per heavy atom. The summed E-state index contributed by atoms with van der Waals surface area (Å²) in [6.45, 7) is 6.71. The molecule has 0 spiro atoms. The third-order valence-electron chi connectivity index (χ3n) is 9.38. The van der Waals surface area contributed by atoms with E-state index in [4.69, 9.17) is 9.47 Å². The van der Waals surface area contributed by atoms with Crippen LogP contribution in [0.15, 0.2) is 0 Å². The zero-order valence-corrected chi connectivity index (χ0v) is 30.6. The molecule has 0 radical (unpaired) electrons. The summed E-state index contributed by atoms with van der Waals surface area (Å²) in [5.41, 5.74) is 0. The maximum atomic E-state index is 12.0. The largest absolute Gasteiger partial charge is 0.463 e. The molecule has 0 aliphatic heterocycles. The van der Waals surface area contributed by atoms with Gasteiger partial charge in [-0.05, 0) is 18.8 Å². The van der Waals surface area contributed by atoms with Gasteiger partial charge >= 0.3 is 11.9 Å². The summed E-state index contributed by atoms with van der Waals surface area (Å²) in [5, 5.41) is 10.0. The zero-order valence-electron chi connectivity index (χ0n) is 30.6. The zero-order chi connectivity index (χ0) is 33.1. The van der Waals surface area contributed by atoms with E-state index in [1.807, 2.05) is 0 Å². The van der Waals surface area contributed by atoms with E-state index in [1.165, 1.54) is 161 Å². The molecule has 1 N–H and O–H groups in total. The van der Waals surface area contributed by atoms with E-state index in [0.717, 1.165) is 31.6 Å². The van der Waals surface area contributed by atoms with Crippen molar-refractivity contribution in [1.29, 1.82) is 0 Å². The minimum Gasteiger partial charge on any atom is -0.463 e. The third kappa shape index (κ3) is 35.6. The van der Waals surface area contributed by atoms with Gasteiger partial charge in [-0.3, -0.25) is 9.59 Å². The summed E-state index contributed by atoms with van der Waals surface area (Å²) in [5.74, 6) is 0.352. The third-order valence-corrected chi connectivity index (χ3v) is 9.38. The van der Waals surface area contributed by atoms with E-state index in [-0.39, 0.29) is 25.2 Å². The highest BCUT2D eigenvalue weighted by Gasteiger charge is 2.12. The number of aliphatic hydroxyl groups is 1. The van der Waals surface area contributed by atoms with Gasteiger partial charge in [-0.2, -0.15) is 0 Å². The lowest BCUT2D eigenvalue weighted by molar-refractivity contribution is -0.152. The molecule has 0 aromatic carbocycles. The highest BCUT2D eigenvalue weighted by molar-refractivity contribution is 5.69. The molecule has 2 atom stereocenters. The van der Waals surface area contributed by atoms with Crippen molar-refractivity contribution in [2.75, 3.05) is 13.2 Å². The Hall–Kier alpha value is -1.10. The molecule has 0 amide bonds. The number of hydrogen-bond acceptors (Lipinski definition) is 5. The Morgan fingerprint density at radius 1 is 0.467 bits per heavy atom. The molecule has 0 bridgehead atoms. The van der Waals surface area contributed by atoms with Gasteiger partial charge < -0.3 is 14.6 Å². The average molecular weight is 639 g/mol. The number of aliphatic hydroxyl groups excluding tert-OH is 1. The van der Waals surface area contributed by atoms with Gasteiger partial charge in [0.05, 0.1) is 0 Å². The molecule has 5 heteroatoms. The second kappa shape index (κ2) is 35.7. The van der Waals surface area contributed by atoms with E-state index in [2.05, 4.69) is 20.8 Å². The topological polar surface area (TPSA) is 72.8 Å². The monoisotopic (exact) mass is 639 g/mol. The van der Waals surface area contributed by atoms with Crippen molar-refractivity contribution in [1.82, 2.24) is 0 Å². The van der Waals surface area contributed by atoms with Crippen LogP contribution in [-0.2, 0) is 19.1 Å². The van der Waals surface area contributed by atoms with Gasteiger partial charge in [-0.25, -0.2) is 0 Å². The fraction of sp³-hybridized carbons (Fsp3) is 0.950. The molecule has 0 aromatic heterocycles. The molecular formula is C40H78O5. The minimum absolute atomic E-state index is 0.108. The minimum atomic E-state index is -0.955. The molecule has 0 aromatic rings. The summed E-state index contributed by atoms with van der Waals surface area (Å²) in [6.07, 6.45) is 37.2. The van der Waals surface area contributed by atoms with E-state index < -0.39 is 6.10 Å². The van der Waals surface area contributed by atoms with Gasteiger partial charge in [0.2, 0.25) is 0 Å². The van der Waals surface area contributed by atoms with Gasteiger partial charge in [0.15, 0.2) is 0 Å². The smallest absolute Gasteiger partial charge is 0.305 e. The second-order valence-electron chi connectivity index (χ2n) is 14.0. The highest BCUT2D eigenvalue weighted by atomic mass is 16.6. The molecule has 268 valence electrons. The van der Waals surface area contributed by atoms with Gasteiger partial charge in [0.25, 0.3) is 0 Å². The lowest BCUT2D eigenvalue weighted by atomic mass is 9.99. The Kier molecular flexibility index (Phi) is 34.9. The number of ether oxygens (including phenoxy) is 2. The Morgan fingerprint density at radius 3 is 1.07 bits per heavy atom. The lowest BCUT2D eigenvalue weighted by Crippen LogP contribution is -2.25. The summed E-state index contributed by atoms with van der Waals surface area (Å²) in [6, 6.07) is 0. The van der Waals surface area contributed by atoms with Crippen molar-refractivity contribution in [3.8, 4) is 0 Å². The number of carbonyl (C=O) groups is 2. The first-order valence-electron chi connectivity index (χ1n) is 20.0. The van der Waals surface area contributed by atoms with Crippen LogP contribution in [0.1, 0.15) is 220 Å². The molecule has 0 aliphatic carbocycles. The maximum Gasteiger partial charge on any atom is 0.305 e. The van der Waals surface area contributed by atoms with Crippen LogP contribution in [0.4, 0.5) is 0 Å². The standard InChI is InChI=1S/C40H78O5/c1-4-6-7-8-9-10-11-14-18-21-24-27-30-33-39(42)44-35-38(41)36-45-40(43)34-31-28-25-22-19-16-13-12-15-17-20-23-26-29-32-37(3)5-2/h37-38,41H,4-36H2,1-3H3/t37?,38-/m0/s1. The fourth-order valence-corrected chi connectivity index (χ4v) is 5.95. The van der Waals surface area contributed by atoms with Crippen LogP contribution in [0.2, 0.25) is 0 Å². The molecule has 0 aliphatic rings. The first-order chi connectivity index (χ1) is 22.0. The van der Waals surface area contributed by atoms with Crippen molar-refractivity contribution in [2.24, 2.45) is 5.92 Å². The lowest BCUT2D eigenvalue weighted by Gasteiger charge is -2.12. The summed E-state index contributed by atoms with van der Waals surface area (Å²) in [4.78, 5) is 23.9. The van der Waals surface area contributed by atoms with Crippen LogP contribution in [-0.4, -0.2) is 36.4 Å². The number of esters is 2. The summed E-state index contributed by atoms with van der Waals surface area (Å²) < 4.78 is 10.3. The van der Waals surface area contributed by atoms with Crippen LogP contribution in [0.3, 0.4) is 0 Å². The second-order valence-corrected chi connectivity index (χ2v) is 14.0. The van der Waals surface area contributed by atoms with Crippen molar-refractivity contribution >= 4 is 11.9 Å². The van der Waals surface area contributed by atoms with Crippen LogP contribution < -0.4 is 0 Å². The Balaban J connectivity index is 3.38. The molecule has 5 nitrogen and oxygen atoms in total. The van der Waals surface area contributed by atoms with Gasteiger partial charge in [0.1, 0.15) is 19.3 Å². The molecule has 0 heterocycles. The van der Waals surface area contributed by atoms with E-state index in [9.17, 15) is 14.7 Å². The Labute approximate surface area is 280 Å².